The quantitative estimate of drug-likeness (QED) is 0.802. The van der Waals surface area contributed by atoms with Crippen molar-refractivity contribution < 1.29 is 0 Å². The Morgan fingerprint density at radius 2 is 1.93 bits per heavy atom. The smallest absolute Gasteiger partial charge is 0.00454 e. The molecular weight excluding hydrogens is 202 g/mol. The zero-order chi connectivity index (χ0) is 11.1. The first-order valence-corrected chi connectivity index (χ1v) is 6.90. The predicted molar refractivity (Wildman–Crippen MR) is 70.4 cm³/mol. The minimum atomic E-state index is 0.639. The Balaban J connectivity index is 2.47. The van der Waals surface area contributed by atoms with Crippen LogP contribution in [-0.4, -0.2) is 18.6 Å². The molecule has 15 heavy (non-hydrogen) atoms. The summed E-state index contributed by atoms with van der Waals surface area (Å²) in [6.45, 7) is 2.92. The number of rotatable bonds is 6. The molecular formula is C13H21NS. The maximum absolute atomic E-state index is 5.78. The van der Waals surface area contributed by atoms with Gasteiger partial charge in [-0.25, -0.2) is 0 Å². The molecule has 0 heterocycles. The first kappa shape index (κ1) is 12.6. The van der Waals surface area contributed by atoms with E-state index in [0.717, 1.165) is 13.0 Å². The molecule has 0 amide bonds. The van der Waals surface area contributed by atoms with Crippen molar-refractivity contribution in [3.63, 3.8) is 0 Å². The Morgan fingerprint density at radius 3 is 2.47 bits per heavy atom. The van der Waals surface area contributed by atoms with Gasteiger partial charge in [0.25, 0.3) is 0 Å². The normalized spacial score (nSPS) is 12.7. The molecule has 0 bridgehead atoms. The third-order valence-corrected chi connectivity index (χ3v) is 3.35. The van der Waals surface area contributed by atoms with Crippen LogP contribution in [0.3, 0.4) is 0 Å². The van der Waals surface area contributed by atoms with Crippen molar-refractivity contribution in [2.24, 2.45) is 11.7 Å². The molecule has 1 atom stereocenters. The highest BCUT2D eigenvalue weighted by atomic mass is 32.2. The van der Waals surface area contributed by atoms with Gasteiger partial charge in [-0.1, -0.05) is 29.8 Å². The second-order valence-electron chi connectivity index (χ2n) is 4.07. The minimum absolute atomic E-state index is 0.639. The zero-order valence-electron chi connectivity index (χ0n) is 9.70. The lowest BCUT2D eigenvalue weighted by Crippen LogP contribution is -2.17. The maximum Gasteiger partial charge on any atom is -0.00454 e. The van der Waals surface area contributed by atoms with E-state index in [0.29, 0.717) is 5.92 Å². The van der Waals surface area contributed by atoms with Crippen LogP contribution in [0.2, 0.25) is 0 Å². The zero-order valence-corrected chi connectivity index (χ0v) is 10.5. The second-order valence-corrected chi connectivity index (χ2v) is 5.06. The predicted octanol–water partition coefficient (Wildman–Crippen LogP) is 2.87. The van der Waals surface area contributed by atoms with Gasteiger partial charge in [-0.15, -0.1) is 0 Å². The third-order valence-electron chi connectivity index (χ3n) is 2.71. The van der Waals surface area contributed by atoms with Gasteiger partial charge < -0.3 is 5.73 Å². The monoisotopic (exact) mass is 223 g/mol. The summed E-state index contributed by atoms with van der Waals surface area (Å²) in [5.74, 6) is 1.86. The lowest BCUT2D eigenvalue weighted by atomic mass is 9.96. The van der Waals surface area contributed by atoms with Crippen LogP contribution < -0.4 is 5.73 Å². The molecule has 0 saturated carbocycles. The molecule has 0 aliphatic heterocycles. The van der Waals surface area contributed by atoms with E-state index in [1.807, 2.05) is 11.8 Å². The Hall–Kier alpha value is -0.470. The minimum Gasteiger partial charge on any atom is -0.330 e. The number of nitrogens with two attached hydrogens (primary N) is 1. The van der Waals surface area contributed by atoms with E-state index < -0.39 is 0 Å². The van der Waals surface area contributed by atoms with Gasteiger partial charge in [-0.2, -0.15) is 11.8 Å². The number of aryl methyl sites for hydroxylation is 1. The third kappa shape index (κ3) is 4.72. The van der Waals surface area contributed by atoms with Crippen molar-refractivity contribution >= 4 is 11.8 Å². The van der Waals surface area contributed by atoms with Crippen LogP contribution in [0.25, 0.3) is 0 Å². The summed E-state index contributed by atoms with van der Waals surface area (Å²) in [5.41, 5.74) is 8.52. The van der Waals surface area contributed by atoms with Gasteiger partial charge in [-0.05, 0) is 49.8 Å². The molecule has 0 saturated heterocycles. The van der Waals surface area contributed by atoms with Crippen molar-refractivity contribution in [3.8, 4) is 0 Å². The highest BCUT2D eigenvalue weighted by molar-refractivity contribution is 7.98. The number of thioether (sulfide) groups is 1. The average molecular weight is 223 g/mol. The Labute approximate surface area is 97.4 Å². The molecule has 2 heteroatoms. The van der Waals surface area contributed by atoms with Crippen molar-refractivity contribution in [2.45, 2.75) is 19.8 Å². The lowest BCUT2D eigenvalue weighted by molar-refractivity contribution is 0.523. The Kier molecular flexibility index (Phi) is 5.81. The van der Waals surface area contributed by atoms with Crippen molar-refractivity contribution in [3.05, 3.63) is 35.4 Å². The summed E-state index contributed by atoms with van der Waals surface area (Å²) in [4.78, 5) is 0. The van der Waals surface area contributed by atoms with E-state index in [2.05, 4.69) is 37.4 Å². The van der Waals surface area contributed by atoms with E-state index in [1.54, 1.807) is 0 Å². The van der Waals surface area contributed by atoms with Gasteiger partial charge in [0.15, 0.2) is 0 Å². The molecule has 0 aliphatic rings. The molecule has 84 valence electrons. The summed E-state index contributed by atoms with van der Waals surface area (Å²) in [6, 6.07) is 8.79. The number of hydrogen-bond donors (Lipinski definition) is 1. The second kappa shape index (κ2) is 6.91. The van der Waals surface area contributed by atoms with Gasteiger partial charge in [0.2, 0.25) is 0 Å². The molecule has 0 fully saturated rings. The van der Waals surface area contributed by atoms with Crippen molar-refractivity contribution in [1.29, 1.82) is 0 Å². The van der Waals surface area contributed by atoms with Crippen LogP contribution in [0.5, 0.6) is 0 Å². The van der Waals surface area contributed by atoms with Crippen molar-refractivity contribution in [2.75, 3.05) is 18.6 Å². The van der Waals surface area contributed by atoms with Crippen molar-refractivity contribution in [1.82, 2.24) is 0 Å². The SMILES string of the molecule is CSCCC(CN)Cc1ccc(C)cc1. The Bertz CT molecular complexity index is 268. The van der Waals surface area contributed by atoms with Crippen LogP contribution in [0.1, 0.15) is 17.5 Å². The number of benzene rings is 1. The molecule has 1 nitrogen and oxygen atoms in total. The van der Waals surface area contributed by atoms with Crippen LogP contribution in [0.15, 0.2) is 24.3 Å². The van der Waals surface area contributed by atoms with E-state index in [9.17, 15) is 0 Å². The van der Waals surface area contributed by atoms with Crippen LogP contribution in [-0.2, 0) is 6.42 Å². The van der Waals surface area contributed by atoms with E-state index in [-0.39, 0.29) is 0 Å². The summed E-state index contributed by atoms with van der Waals surface area (Å²) >= 11 is 1.90. The molecule has 0 aliphatic carbocycles. The molecule has 0 radical (unpaired) electrons. The molecule has 1 aromatic carbocycles. The Morgan fingerprint density at radius 1 is 1.27 bits per heavy atom. The first-order chi connectivity index (χ1) is 7.26. The molecule has 0 spiro atoms. The highest BCUT2D eigenvalue weighted by Gasteiger charge is 2.06. The van der Waals surface area contributed by atoms with Gasteiger partial charge in [0.1, 0.15) is 0 Å². The maximum atomic E-state index is 5.78. The van der Waals surface area contributed by atoms with Crippen LogP contribution >= 0.6 is 11.8 Å². The molecule has 1 aromatic rings. The van der Waals surface area contributed by atoms with E-state index >= 15 is 0 Å². The summed E-state index contributed by atoms with van der Waals surface area (Å²) in [6.07, 6.45) is 4.50. The summed E-state index contributed by atoms with van der Waals surface area (Å²) in [5, 5.41) is 0. The van der Waals surface area contributed by atoms with Gasteiger partial charge in [-0.3, -0.25) is 0 Å². The molecule has 2 N–H and O–H groups in total. The fourth-order valence-electron chi connectivity index (χ4n) is 1.65. The van der Waals surface area contributed by atoms with Gasteiger partial charge in [0, 0.05) is 0 Å². The standard InChI is InChI=1S/C13H21NS/c1-11-3-5-12(6-4-11)9-13(10-14)7-8-15-2/h3-6,13H,7-10,14H2,1-2H3. The van der Waals surface area contributed by atoms with Crippen LogP contribution in [0.4, 0.5) is 0 Å². The van der Waals surface area contributed by atoms with Crippen LogP contribution in [0, 0.1) is 12.8 Å². The lowest BCUT2D eigenvalue weighted by Gasteiger charge is -2.14. The van der Waals surface area contributed by atoms with E-state index in [4.69, 9.17) is 5.73 Å². The van der Waals surface area contributed by atoms with E-state index in [1.165, 1.54) is 23.3 Å². The fourth-order valence-corrected chi connectivity index (χ4v) is 2.21. The van der Waals surface area contributed by atoms with Gasteiger partial charge in [0.05, 0.1) is 0 Å². The number of hydrogen-bond acceptors (Lipinski definition) is 2. The molecule has 1 unspecified atom stereocenters. The fraction of sp³-hybridized carbons (Fsp3) is 0.538. The molecule has 1 rings (SSSR count). The topological polar surface area (TPSA) is 26.0 Å². The molecule has 0 aromatic heterocycles. The summed E-state index contributed by atoms with van der Waals surface area (Å²) < 4.78 is 0. The average Bonchev–Trinajstić information content (AvgIpc) is 2.27. The highest BCUT2D eigenvalue weighted by Crippen LogP contribution is 2.14. The summed E-state index contributed by atoms with van der Waals surface area (Å²) in [7, 11) is 0. The first-order valence-electron chi connectivity index (χ1n) is 5.50. The largest absolute Gasteiger partial charge is 0.330 e. The van der Waals surface area contributed by atoms with Gasteiger partial charge >= 0.3 is 0 Å².